The molecule has 9 heteroatoms. The van der Waals surface area contributed by atoms with Gasteiger partial charge in [-0.1, -0.05) is 6.07 Å². The summed E-state index contributed by atoms with van der Waals surface area (Å²) in [5.74, 6) is 0. The number of alkyl halides is 3. The summed E-state index contributed by atoms with van der Waals surface area (Å²) in [7, 11) is 0. The maximum Gasteiger partial charge on any atom is 0.390 e. The number of rotatable bonds is 6. The monoisotopic (exact) mass is 386 g/mol. The SMILES string of the molecule is Cc1c(C[C@@H](N)CC(F)(F)F)sc2c(NCc3cccs3)cnnc12. The Labute approximate surface area is 150 Å². The molecule has 25 heavy (non-hydrogen) atoms. The van der Waals surface area contributed by atoms with Gasteiger partial charge in [-0.15, -0.1) is 27.8 Å². The van der Waals surface area contributed by atoms with Crippen LogP contribution < -0.4 is 11.1 Å². The first-order valence-electron chi connectivity index (χ1n) is 7.65. The summed E-state index contributed by atoms with van der Waals surface area (Å²) in [4.78, 5) is 2.01. The highest BCUT2D eigenvalue weighted by atomic mass is 32.1. The Balaban J connectivity index is 1.81. The number of nitrogens with one attached hydrogen (secondary N) is 1. The third-order valence-corrected chi connectivity index (χ3v) is 5.99. The van der Waals surface area contributed by atoms with Crippen molar-refractivity contribution in [3.8, 4) is 0 Å². The maximum atomic E-state index is 12.5. The fraction of sp³-hybridized carbons (Fsp3) is 0.375. The summed E-state index contributed by atoms with van der Waals surface area (Å²) >= 11 is 3.08. The zero-order chi connectivity index (χ0) is 18.0. The van der Waals surface area contributed by atoms with Crippen LogP contribution in [0.4, 0.5) is 18.9 Å². The van der Waals surface area contributed by atoms with Crippen molar-refractivity contribution in [2.75, 3.05) is 5.32 Å². The van der Waals surface area contributed by atoms with Crippen molar-refractivity contribution in [1.82, 2.24) is 10.2 Å². The van der Waals surface area contributed by atoms with E-state index < -0.39 is 18.6 Å². The predicted molar refractivity (Wildman–Crippen MR) is 96.1 cm³/mol. The standard InChI is InChI=1S/C16H17F3N4S2/c1-9-13(5-10(20)6-16(17,18)19)25-15-12(8-22-23-14(9)15)21-7-11-3-2-4-24-11/h2-4,8,10H,5-7,20H2,1H3,(H,21,23)/t10-/m1/s1. The highest BCUT2D eigenvalue weighted by Gasteiger charge is 2.31. The van der Waals surface area contributed by atoms with Crippen LogP contribution in [0.25, 0.3) is 10.2 Å². The Morgan fingerprint density at radius 1 is 1.36 bits per heavy atom. The van der Waals surface area contributed by atoms with Gasteiger partial charge in [0.2, 0.25) is 0 Å². The first-order chi connectivity index (χ1) is 11.8. The van der Waals surface area contributed by atoms with E-state index in [9.17, 15) is 13.2 Å². The zero-order valence-electron chi connectivity index (χ0n) is 13.4. The van der Waals surface area contributed by atoms with Gasteiger partial charge < -0.3 is 11.1 Å². The van der Waals surface area contributed by atoms with Crippen LogP contribution in [-0.4, -0.2) is 22.4 Å². The van der Waals surface area contributed by atoms with E-state index in [4.69, 9.17) is 5.73 Å². The van der Waals surface area contributed by atoms with Crippen LogP contribution in [-0.2, 0) is 13.0 Å². The lowest BCUT2D eigenvalue weighted by molar-refractivity contribution is -0.138. The molecule has 0 bridgehead atoms. The Bertz CT molecular complexity index is 843. The molecule has 0 saturated carbocycles. The average Bonchev–Trinajstić information content (AvgIpc) is 3.13. The first-order valence-corrected chi connectivity index (χ1v) is 9.35. The van der Waals surface area contributed by atoms with Crippen LogP contribution in [0.5, 0.6) is 0 Å². The van der Waals surface area contributed by atoms with Gasteiger partial charge in [0.25, 0.3) is 0 Å². The average molecular weight is 386 g/mol. The largest absolute Gasteiger partial charge is 0.390 e. The predicted octanol–water partition coefficient (Wildman–Crippen LogP) is 4.50. The highest BCUT2D eigenvalue weighted by Crippen LogP contribution is 2.35. The molecule has 4 nitrogen and oxygen atoms in total. The third kappa shape index (κ3) is 4.47. The molecule has 0 saturated heterocycles. The summed E-state index contributed by atoms with van der Waals surface area (Å²) < 4.78 is 38.4. The number of nitrogens with two attached hydrogens (primary N) is 1. The van der Waals surface area contributed by atoms with Gasteiger partial charge in [0.1, 0.15) is 5.52 Å². The fourth-order valence-corrected chi connectivity index (χ4v) is 4.54. The molecule has 3 aromatic rings. The van der Waals surface area contributed by atoms with E-state index in [1.807, 2.05) is 24.4 Å². The van der Waals surface area contributed by atoms with E-state index in [1.165, 1.54) is 16.2 Å². The van der Waals surface area contributed by atoms with Gasteiger partial charge in [0.15, 0.2) is 0 Å². The number of aromatic nitrogens is 2. The summed E-state index contributed by atoms with van der Waals surface area (Å²) in [5, 5.41) is 13.5. The summed E-state index contributed by atoms with van der Waals surface area (Å²) in [6.45, 7) is 2.52. The highest BCUT2D eigenvalue weighted by molar-refractivity contribution is 7.19. The quantitative estimate of drug-likeness (QED) is 0.655. The van der Waals surface area contributed by atoms with E-state index in [2.05, 4.69) is 15.5 Å². The number of halogens is 3. The van der Waals surface area contributed by atoms with Crippen molar-refractivity contribution >= 4 is 38.6 Å². The molecule has 0 aliphatic carbocycles. The minimum Gasteiger partial charge on any atom is -0.378 e. The van der Waals surface area contributed by atoms with E-state index in [0.717, 1.165) is 26.3 Å². The van der Waals surface area contributed by atoms with Crippen LogP contribution in [0.3, 0.4) is 0 Å². The molecule has 0 aliphatic heterocycles. The lowest BCUT2D eigenvalue weighted by atomic mass is 10.1. The van der Waals surface area contributed by atoms with Gasteiger partial charge in [0, 0.05) is 22.3 Å². The molecule has 0 fully saturated rings. The number of hydrogen-bond acceptors (Lipinski definition) is 6. The van der Waals surface area contributed by atoms with Crippen LogP contribution in [0, 0.1) is 6.92 Å². The van der Waals surface area contributed by atoms with Crippen LogP contribution in [0.2, 0.25) is 0 Å². The van der Waals surface area contributed by atoms with Gasteiger partial charge in [-0.25, -0.2) is 0 Å². The Morgan fingerprint density at radius 2 is 2.16 bits per heavy atom. The summed E-state index contributed by atoms with van der Waals surface area (Å²) in [5.41, 5.74) is 8.08. The van der Waals surface area contributed by atoms with Crippen LogP contribution >= 0.6 is 22.7 Å². The molecule has 134 valence electrons. The molecular formula is C16H17F3N4S2. The van der Waals surface area contributed by atoms with E-state index >= 15 is 0 Å². The van der Waals surface area contributed by atoms with Gasteiger partial charge in [0.05, 0.1) is 23.0 Å². The second-order valence-corrected chi connectivity index (χ2v) is 7.94. The summed E-state index contributed by atoms with van der Waals surface area (Å²) in [6, 6.07) is 3.06. The zero-order valence-corrected chi connectivity index (χ0v) is 15.1. The van der Waals surface area contributed by atoms with Gasteiger partial charge >= 0.3 is 6.18 Å². The van der Waals surface area contributed by atoms with Crippen molar-refractivity contribution in [2.45, 2.75) is 38.5 Å². The first kappa shape index (κ1) is 18.1. The molecule has 3 aromatic heterocycles. The minimum atomic E-state index is -4.25. The molecule has 0 aliphatic rings. The Hall–Kier alpha value is -1.71. The molecule has 0 unspecified atom stereocenters. The molecule has 1 atom stereocenters. The Kier molecular flexibility index (Phi) is 5.26. The Morgan fingerprint density at radius 3 is 2.84 bits per heavy atom. The lowest BCUT2D eigenvalue weighted by Gasteiger charge is -2.13. The second kappa shape index (κ2) is 7.27. The van der Waals surface area contributed by atoms with Crippen molar-refractivity contribution in [1.29, 1.82) is 0 Å². The normalized spacial score (nSPS) is 13.3. The number of fused-ring (bicyclic) bond motifs is 1. The van der Waals surface area contributed by atoms with Crippen LogP contribution in [0.15, 0.2) is 23.7 Å². The number of hydrogen-bond donors (Lipinski definition) is 2. The molecule has 3 heterocycles. The molecular weight excluding hydrogens is 369 g/mol. The third-order valence-electron chi connectivity index (χ3n) is 3.78. The van der Waals surface area contributed by atoms with Gasteiger partial charge in [-0.2, -0.15) is 18.3 Å². The molecule has 0 spiro atoms. The van der Waals surface area contributed by atoms with Gasteiger partial charge in [-0.3, -0.25) is 0 Å². The van der Waals surface area contributed by atoms with E-state index in [-0.39, 0.29) is 6.42 Å². The van der Waals surface area contributed by atoms with Crippen LogP contribution in [0.1, 0.15) is 21.7 Å². The minimum absolute atomic E-state index is 0.177. The molecule has 0 radical (unpaired) electrons. The van der Waals surface area contributed by atoms with Crippen molar-refractivity contribution in [3.63, 3.8) is 0 Å². The van der Waals surface area contributed by atoms with Gasteiger partial charge in [-0.05, 0) is 30.4 Å². The number of aryl methyl sites for hydroxylation is 1. The second-order valence-electron chi connectivity index (χ2n) is 5.80. The van der Waals surface area contributed by atoms with Crippen molar-refractivity contribution < 1.29 is 13.2 Å². The number of nitrogens with zero attached hydrogens (tertiary/aromatic N) is 2. The van der Waals surface area contributed by atoms with Crippen molar-refractivity contribution in [2.24, 2.45) is 5.73 Å². The van der Waals surface area contributed by atoms with E-state index in [1.54, 1.807) is 17.5 Å². The number of thiophene rings is 2. The molecule has 0 amide bonds. The van der Waals surface area contributed by atoms with E-state index in [0.29, 0.717) is 6.54 Å². The maximum absolute atomic E-state index is 12.5. The smallest absolute Gasteiger partial charge is 0.378 e. The van der Waals surface area contributed by atoms with Crippen molar-refractivity contribution in [3.05, 3.63) is 39.0 Å². The molecule has 3 N–H and O–H groups in total. The topological polar surface area (TPSA) is 63.8 Å². The molecule has 0 aromatic carbocycles. The lowest BCUT2D eigenvalue weighted by Crippen LogP contribution is -2.29. The molecule has 3 rings (SSSR count). The fourth-order valence-electron chi connectivity index (χ4n) is 2.58. The summed E-state index contributed by atoms with van der Waals surface area (Å²) in [6.07, 6.45) is -3.42. The number of anilines is 1.